The van der Waals surface area contributed by atoms with Crippen LogP contribution >= 0.6 is 0 Å². The zero-order valence-electron chi connectivity index (χ0n) is 9.44. The maximum atomic E-state index is 12.5. The predicted molar refractivity (Wildman–Crippen MR) is 58.8 cm³/mol. The quantitative estimate of drug-likeness (QED) is 0.873. The fourth-order valence-electron chi connectivity index (χ4n) is 1.89. The highest BCUT2D eigenvalue weighted by molar-refractivity contribution is 5.94. The molecule has 0 radical (unpaired) electrons. The van der Waals surface area contributed by atoms with E-state index in [0.29, 0.717) is 13.1 Å². The second-order valence-corrected chi connectivity index (χ2v) is 4.19. The Labute approximate surface area is 102 Å². The summed E-state index contributed by atoms with van der Waals surface area (Å²) in [5, 5.41) is 0. The molecule has 0 spiro atoms. The lowest BCUT2D eigenvalue weighted by atomic mass is 10.1. The number of nitrogens with zero attached hydrogens (tertiary/aromatic N) is 2. The molecule has 18 heavy (non-hydrogen) atoms. The summed E-state index contributed by atoms with van der Waals surface area (Å²) in [6, 6.07) is 3.52. The van der Waals surface area contributed by atoms with E-state index in [1.807, 2.05) is 0 Å². The Bertz CT molecular complexity index is 461. The van der Waals surface area contributed by atoms with Crippen molar-refractivity contribution in [3.63, 3.8) is 0 Å². The van der Waals surface area contributed by atoms with Gasteiger partial charge in [-0.25, -0.2) is 4.98 Å². The minimum atomic E-state index is -4.51. The van der Waals surface area contributed by atoms with Gasteiger partial charge in [-0.15, -0.1) is 0 Å². The van der Waals surface area contributed by atoms with E-state index in [1.54, 1.807) is 0 Å². The molecule has 0 bridgehead atoms. The average Bonchev–Trinajstić information content (AvgIpc) is 2.70. The Kier molecular flexibility index (Phi) is 3.25. The third kappa shape index (κ3) is 2.45. The predicted octanol–water partition coefficient (Wildman–Crippen LogP) is 1.41. The van der Waals surface area contributed by atoms with Crippen LogP contribution in [0.25, 0.3) is 0 Å². The van der Waals surface area contributed by atoms with Crippen LogP contribution in [0.1, 0.15) is 12.1 Å². The number of anilines is 1. The molecule has 1 aromatic rings. The minimum Gasteiger partial charge on any atom is -0.330 e. The molecule has 1 atom stereocenters. The normalized spacial score (nSPS) is 20.6. The number of hydrogen-bond acceptors (Lipinski definition) is 3. The molecule has 2 heterocycles. The number of pyridine rings is 1. The summed E-state index contributed by atoms with van der Waals surface area (Å²) in [4.78, 5) is 16.4. The number of carbonyl (C=O) groups excluding carboxylic acids is 1. The standard InChI is InChI=1S/C11H12F3N3O/c12-11(13,14)8-2-1-3-9(16-8)17-6-7(5-15)4-10(17)18/h1-3,7H,4-6,15H2. The topological polar surface area (TPSA) is 59.2 Å². The van der Waals surface area contributed by atoms with E-state index in [0.717, 1.165) is 6.07 Å². The van der Waals surface area contributed by atoms with Crippen LogP contribution in [0.4, 0.5) is 19.0 Å². The van der Waals surface area contributed by atoms with Crippen LogP contribution in [0, 0.1) is 5.92 Å². The molecule has 98 valence electrons. The number of amides is 1. The summed E-state index contributed by atoms with van der Waals surface area (Å²) in [5.74, 6) is -0.225. The van der Waals surface area contributed by atoms with Gasteiger partial charge in [0.15, 0.2) is 0 Å². The summed E-state index contributed by atoms with van der Waals surface area (Å²) in [5.41, 5.74) is 4.46. The van der Waals surface area contributed by atoms with Gasteiger partial charge in [-0.2, -0.15) is 13.2 Å². The lowest BCUT2D eigenvalue weighted by Crippen LogP contribution is -2.27. The second-order valence-electron chi connectivity index (χ2n) is 4.19. The fraction of sp³-hybridized carbons (Fsp3) is 0.455. The first-order valence-electron chi connectivity index (χ1n) is 5.46. The van der Waals surface area contributed by atoms with Crippen LogP contribution in [-0.2, 0) is 11.0 Å². The van der Waals surface area contributed by atoms with Crippen LogP contribution in [0.15, 0.2) is 18.2 Å². The first-order valence-corrected chi connectivity index (χ1v) is 5.46. The van der Waals surface area contributed by atoms with Crippen molar-refractivity contribution >= 4 is 11.7 Å². The van der Waals surface area contributed by atoms with Crippen LogP contribution in [0.5, 0.6) is 0 Å². The van der Waals surface area contributed by atoms with Crippen molar-refractivity contribution in [3.05, 3.63) is 23.9 Å². The lowest BCUT2D eigenvalue weighted by Gasteiger charge is -2.16. The molecule has 0 aromatic carbocycles. The van der Waals surface area contributed by atoms with Crippen LogP contribution in [0.3, 0.4) is 0 Å². The molecular weight excluding hydrogens is 247 g/mol. The van der Waals surface area contributed by atoms with Crippen molar-refractivity contribution in [2.75, 3.05) is 18.0 Å². The highest BCUT2D eigenvalue weighted by Gasteiger charge is 2.35. The van der Waals surface area contributed by atoms with Gasteiger partial charge < -0.3 is 5.73 Å². The molecule has 4 nitrogen and oxygen atoms in total. The Balaban J connectivity index is 2.27. The van der Waals surface area contributed by atoms with E-state index in [4.69, 9.17) is 5.73 Å². The monoisotopic (exact) mass is 259 g/mol. The van der Waals surface area contributed by atoms with Gasteiger partial charge in [0.25, 0.3) is 0 Å². The van der Waals surface area contributed by atoms with Gasteiger partial charge in [0.1, 0.15) is 11.5 Å². The molecular formula is C11H12F3N3O. The van der Waals surface area contributed by atoms with Crippen molar-refractivity contribution in [1.29, 1.82) is 0 Å². The summed E-state index contributed by atoms with van der Waals surface area (Å²) in [6.07, 6.45) is -4.25. The maximum absolute atomic E-state index is 12.5. The number of hydrogen-bond donors (Lipinski definition) is 1. The van der Waals surface area contributed by atoms with Crippen molar-refractivity contribution < 1.29 is 18.0 Å². The molecule has 1 unspecified atom stereocenters. The van der Waals surface area contributed by atoms with E-state index in [-0.39, 0.29) is 24.1 Å². The van der Waals surface area contributed by atoms with Crippen molar-refractivity contribution in [2.24, 2.45) is 11.7 Å². The van der Waals surface area contributed by atoms with Crippen LogP contribution < -0.4 is 10.6 Å². The van der Waals surface area contributed by atoms with Gasteiger partial charge in [0, 0.05) is 13.0 Å². The third-order valence-electron chi connectivity index (χ3n) is 2.84. The molecule has 2 N–H and O–H groups in total. The highest BCUT2D eigenvalue weighted by Crippen LogP contribution is 2.30. The summed E-state index contributed by atoms with van der Waals surface area (Å²) in [6.45, 7) is 0.658. The molecule has 7 heteroatoms. The number of halogens is 3. The van der Waals surface area contributed by atoms with Gasteiger partial charge in [0.05, 0.1) is 0 Å². The number of aromatic nitrogens is 1. The zero-order valence-corrected chi connectivity index (χ0v) is 9.44. The Hall–Kier alpha value is -1.63. The van der Waals surface area contributed by atoms with E-state index in [9.17, 15) is 18.0 Å². The molecule has 1 fully saturated rings. The Morgan fingerprint density at radius 2 is 2.17 bits per heavy atom. The molecule has 1 aromatic heterocycles. The molecule has 1 aliphatic rings. The molecule has 1 amide bonds. The summed E-state index contributed by atoms with van der Waals surface area (Å²) >= 11 is 0. The van der Waals surface area contributed by atoms with Gasteiger partial charge in [-0.05, 0) is 24.6 Å². The van der Waals surface area contributed by atoms with Crippen molar-refractivity contribution in [1.82, 2.24) is 4.98 Å². The number of nitrogens with two attached hydrogens (primary N) is 1. The SMILES string of the molecule is NCC1CC(=O)N(c2cccc(C(F)(F)F)n2)C1. The van der Waals surface area contributed by atoms with E-state index in [1.165, 1.54) is 17.0 Å². The van der Waals surface area contributed by atoms with Crippen LogP contribution in [-0.4, -0.2) is 24.0 Å². The molecule has 0 saturated carbocycles. The van der Waals surface area contributed by atoms with Gasteiger partial charge in [-0.3, -0.25) is 9.69 Å². The average molecular weight is 259 g/mol. The highest BCUT2D eigenvalue weighted by atomic mass is 19.4. The molecule has 0 aliphatic carbocycles. The molecule has 1 aliphatic heterocycles. The zero-order chi connectivity index (χ0) is 13.3. The minimum absolute atomic E-state index is 0.0196. The first-order chi connectivity index (χ1) is 8.41. The van der Waals surface area contributed by atoms with E-state index < -0.39 is 11.9 Å². The largest absolute Gasteiger partial charge is 0.433 e. The second kappa shape index (κ2) is 4.56. The fourth-order valence-corrected chi connectivity index (χ4v) is 1.89. The summed E-state index contributed by atoms with van der Waals surface area (Å²) in [7, 11) is 0. The number of carbonyl (C=O) groups is 1. The smallest absolute Gasteiger partial charge is 0.330 e. The maximum Gasteiger partial charge on any atom is 0.433 e. The third-order valence-corrected chi connectivity index (χ3v) is 2.84. The lowest BCUT2D eigenvalue weighted by molar-refractivity contribution is -0.141. The summed E-state index contributed by atoms with van der Waals surface area (Å²) < 4.78 is 37.5. The van der Waals surface area contributed by atoms with Crippen LogP contribution in [0.2, 0.25) is 0 Å². The van der Waals surface area contributed by atoms with Gasteiger partial charge in [0.2, 0.25) is 5.91 Å². The number of rotatable bonds is 2. The Morgan fingerprint density at radius 1 is 1.44 bits per heavy atom. The van der Waals surface area contributed by atoms with E-state index in [2.05, 4.69) is 4.98 Å². The van der Waals surface area contributed by atoms with Gasteiger partial charge >= 0.3 is 6.18 Å². The Morgan fingerprint density at radius 3 is 2.72 bits per heavy atom. The molecule has 2 rings (SSSR count). The van der Waals surface area contributed by atoms with E-state index >= 15 is 0 Å². The first kappa shape index (κ1) is 12.8. The molecule has 1 saturated heterocycles. The van der Waals surface area contributed by atoms with Crippen molar-refractivity contribution in [3.8, 4) is 0 Å². The van der Waals surface area contributed by atoms with Gasteiger partial charge in [-0.1, -0.05) is 6.07 Å². The number of alkyl halides is 3. The van der Waals surface area contributed by atoms with Crippen molar-refractivity contribution in [2.45, 2.75) is 12.6 Å².